The molecule has 0 atom stereocenters. The Bertz CT molecular complexity index is 402. The van der Waals surface area contributed by atoms with Crippen LogP contribution in [0.5, 0.6) is 0 Å². The van der Waals surface area contributed by atoms with Gasteiger partial charge in [0.25, 0.3) is 5.91 Å². The standard InChI is InChI=1S/C12H16BrClN2O2/c1-18-7-6-15-4-5-16-12(17)10-8-9(13)2-3-11(10)14/h2-3,8,15H,4-7H2,1H3,(H,16,17). The number of rotatable bonds is 7. The van der Waals surface area contributed by atoms with Gasteiger partial charge in [-0.25, -0.2) is 0 Å². The molecule has 1 amide bonds. The highest BCUT2D eigenvalue weighted by atomic mass is 79.9. The lowest BCUT2D eigenvalue weighted by Crippen LogP contribution is -2.33. The number of methoxy groups -OCH3 is 1. The average Bonchev–Trinajstić information content (AvgIpc) is 2.36. The summed E-state index contributed by atoms with van der Waals surface area (Å²) in [5.41, 5.74) is 0.475. The van der Waals surface area contributed by atoms with Crippen molar-refractivity contribution in [3.05, 3.63) is 33.3 Å². The van der Waals surface area contributed by atoms with Crippen molar-refractivity contribution in [1.82, 2.24) is 10.6 Å². The van der Waals surface area contributed by atoms with Crippen LogP contribution < -0.4 is 10.6 Å². The van der Waals surface area contributed by atoms with Crippen LogP contribution in [0.15, 0.2) is 22.7 Å². The maximum absolute atomic E-state index is 11.8. The third-order valence-electron chi connectivity index (χ3n) is 2.24. The van der Waals surface area contributed by atoms with Gasteiger partial charge in [-0.05, 0) is 18.2 Å². The fourth-order valence-electron chi connectivity index (χ4n) is 1.33. The maximum Gasteiger partial charge on any atom is 0.252 e. The summed E-state index contributed by atoms with van der Waals surface area (Å²) in [4.78, 5) is 11.8. The van der Waals surface area contributed by atoms with Crippen molar-refractivity contribution in [2.24, 2.45) is 0 Å². The van der Waals surface area contributed by atoms with E-state index in [-0.39, 0.29) is 5.91 Å². The van der Waals surface area contributed by atoms with Gasteiger partial charge in [0.2, 0.25) is 0 Å². The van der Waals surface area contributed by atoms with Crippen LogP contribution in [0.3, 0.4) is 0 Å². The number of carbonyl (C=O) groups is 1. The number of hydrogen-bond acceptors (Lipinski definition) is 3. The zero-order valence-electron chi connectivity index (χ0n) is 10.1. The Morgan fingerprint density at radius 2 is 2.17 bits per heavy atom. The molecule has 0 radical (unpaired) electrons. The summed E-state index contributed by atoms with van der Waals surface area (Å²) >= 11 is 9.27. The Morgan fingerprint density at radius 3 is 2.89 bits per heavy atom. The SMILES string of the molecule is COCCNCCNC(=O)c1cc(Br)ccc1Cl. The van der Waals surface area contributed by atoms with Gasteiger partial charge in [0.15, 0.2) is 0 Å². The van der Waals surface area contributed by atoms with Gasteiger partial charge in [-0.1, -0.05) is 27.5 Å². The van der Waals surface area contributed by atoms with Crippen molar-refractivity contribution in [2.75, 3.05) is 33.4 Å². The Labute approximate surface area is 120 Å². The van der Waals surface area contributed by atoms with Gasteiger partial charge in [-0.2, -0.15) is 0 Å². The highest BCUT2D eigenvalue weighted by Gasteiger charge is 2.09. The van der Waals surface area contributed by atoms with Crippen molar-refractivity contribution >= 4 is 33.4 Å². The summed E-state index contributed by atoms with van der Waals surface area (Å²) in [5, 5.41) is 6.38. The number of hydrogen-bond donors (Lipinski definition) is 2. The van der Waals surface area contributed by atoms with Crippen molar-refractivity contribution in [2.45, 2.75) is 0 Å². The number of carbonyl (C=O) groups excluding carboxylic acids is 1. The van der Waals surface area contributed by atoms with Crippen LogP contribution in [-0.4, -0.2) is 39.3 Å². The zero-order chi connectivity index (χ0) is 13.4. The number of benzene rings is 1. The molecule has 0 heterocycles. The fraction of sp³-hybridized carbons (Fsp3) is 0.417. The quantitative estimate of drug-likeness (QED) is 0.750. The van der Waals surface area contributed by atoms with E-state index in [1.54, 1.807) is 25.3 Å². The first kappa shape index (κ1) is 15.4. The molecular weight excluding hydrogens is 320 g/mol. The molecule has 1 aromatic carbocycles. The van der Waals surface area contributed by atoms with Crippen LogP contribution in [0.2, 0.25) is 5.02 Å². The average molecular weight is 336 g/mol. The molecule has 0 bridgehead atoms. The van der Waals surface area contributed by atoms with Crippen LogP contribution in [0.25, 0.3) is 0 Å². The van der Waals surface area contributed by atoms with E-state index in [4.69, 9.17) is 16.3 Å². The largest absolute Gasteiger partial charge is 0.383 e. The second-order valence-corrected chi connectivity index (χ2v) is 4.95. The van der Waals surface area contributed by atoms with Crippen molar-refractivity contribution in [1.29, 1.82) is 0 Å². The monoisotopic (exact) mass is 334 g/mol. The van der Waals surface area contributed by atoms with Crippen LogP contribution in [0.4, 0.5) is 0 Å². The molecule has 0 aliphatic heterocycles. The molecule has 100 valence electrons. The molecule has 0 fully saturated rings. The maximum atomic E-state index is 11.8. The number of nitrogens with one attached hydrogen (secondary N) is 2. The molecule has 0 saturated carbocycles. The molecule has 2 N–H and O–H groups in total. The molecule has 0 spiro atoms. The second kappa shape index (κ2) is 8.48. The number of halogens is 2. The van der Waals surface area contributed by atoms with Gasteiger partial charge < -0.3 is 15.4 Å². The fourth-order valence-corrected chi connectivity index (χ4v) is 1.89. The van der Waals surface area contributed by atoms with E-state index in [1.165, 1.54) is 0 Å². The summed E-state index contributed by atoms with van der Waals surface area (Å²) in [7, 11) is 1.65. The predicted molar refractivity (Wildman–Crippen MR) is 76.2 cm³/mol. The van der Waals surface area contributed by atoms with Crippen LogP contribution in [0, 0.1) is 0 Å². The summed E-state index contributed by atoms with van der Waals surface area (Å²) in [5.74, 6) is -0.171. The van der Waals surface area contributed by atoms with E-state index in [9.17, 15) is 4.79 Å². The van der Waals surface area contributed by atoms with Gasteiger partial charge >= 0.3 is 0 Å². The molecule has 4 nitrogen and oxygen atoms in total. The molecule has 18 heavy (non-hydrogen) atoms. The molecule has 1 rings (SSSR count). The first-order chi connectivity index (χ1) is 8.65. The number of amides is 1. The topological polar surface area (TPSA) is 50.4 Å². The first-order valence-electron chi connectivity index (χ1n) is 5.58. The van der Waals surface area contributed by atoms with Crippen LogP contribution in [-0.2, 0) is 4.74 Å². The molecule has 0 aliphatic carbocycles. The van der Waals surface area contributed by atoms with Crippen molar-refractivity contribution in [3.8, 4) is 0 Å². The zero-order valence-corrected chi connectivity index (χ0v) is 12.5. The van der Waals surface area contributed by atoms with Gasteiger partial charge in [0.05, 0.1) is 17.2 Å². The molecule has 0 unspecified atom stereocenters. The highest BCUT2D eigenvalue weighted by molar-refractivity contribution is 9.10. The van der Waals surface area contributed by atoms with E-state index >= 15 is 0 Å². The van der Waals surface area contributed by atoms with Gasteiger partial charge in [0, 0.05) is 31.2 Å². The molecule has 6 heteroatoms. The van der Waals surface area contributed by atoms with Gasteiger partial charge in [-0.3, -0.25) is 4.79 Å². The molecule has 0 aliphatic rings. The minimum Gasteiger partial charge on any atom is -0.383 e. The summed E-state index contributed by atoms with van der Waals surface area (Å²) in [6, 6.07) is 5.19. The summed E-state index contributed by atoms with van der Waals surface area (Å²) in [6.45, 7) is 2.67. The lowest BCUT2D eigenvalue weighted by atomic mass is 10.2. The first-order valence-corrected chi connectivity index (χ1v) is 6.75. The predicted octanol–water partition coefficient (Wildman–Crippen LogP) is 2.07. The summed E-state index contributed by atoms with van der Waals surface area (Å²) < 4.78 is 5.72. The minimum absolute atomic E-state index is 0.171. The van der Waals surface area contributed by atoms with Crippen LogP contribution >= 0.6 is 27.5 Å². The third kappa shape index (κ3) is 5.35. The second-order valence-electron chi connectivity index (χ2n) is 3.62. The smallest absolute Gasteiger partial charge is 0.252 e. The molecule has 0 saturated heterocycles. The summed E-state index contributed by atoms with van der Waals surface area (Å²) in [6.07, 6.45) is 0. The lowest BCUT2D eigenvalue weighted by Gasteiger charge is -2.08. The van der Waals surface area contributed by atoms with E-state index in [0.29, 0.717) is 30.3 Å². The number of ether oxygens (including phenoxy) is 1. The van der Waals surface area contributed by atoms with Gasteiger partial charge in [-0.15, -0.1) is 0 Å². The van der Waals surface area contributed by atoms with Crippen molar-refractivity contribution in [3.63, 3.8) is 0 Å². The highest BCUT2D eigenvalue weighted by Crippen LogP contribution is 2.20. The lowest BCUT2D eigenvalue weighted by molar-refractivity contribution is 0.0954. The third-order valence-corrected chi connectivity index (χ3v) is 3.07. The Hall–Kier alpha value is -0.620. The van der Waals surface area contributed by atoms with E-state index in [2.05, 4.69) is 26.6 Å². The molecular formula is C12H16BrClN2O2. The van der Waals surface area contributed by atoms with E-state index in [1.807, 2.05) is 0 Å². The van der Waals surface area contributed by atoms with Gasteiger partial charge in [0.1, 0.15) is 0 Å². The Balaban J connectivity index is 2.34. The van der Waals surface area contributed by atoms with E-state index in [0.717, 1.165) is 11.0 Å². The van der Waals surface area contributed by atoms with Crippen molar-refractivity contribution < 1.29 is 9.53 Å². The molecule has 1 aromatic rings. The van der Waals surface area contributed by atoms with E-state index < -0.39 is 0 Å². The molecule has 0 aromatic heterocycles. The normalized spacial score (nSPS) is 10.4. The minimum atomic E-state index is -0.171. The Morgan fingerprint density at radius 1 is 1.39 bits per heavy atom. The van der Waals surface area contributed by atoms with Crippen LogP contribution in [0.1, 0.15) is 10.4 Å². The Kier molecular flexibility index (Phi) is 7.27.